The van der Waals surface area contributed by atoms with Gasteiger partial charge in [0.05, 0.1) is 11.3 Å². The zero-order valence-electron chi connectivity index (χ0n) is 19.2. The van der Waals surface area contributed by atoms with Crippen LogP contribution in [0.4, 0.5) is 15.8 Å². The Morgan fingerprint density at radius 3 is 2.06 bits per heavy atom. The summed E-state index contributed by atoms with van der Waals surface area (Å²) in [5, 5.41) is 5.11. The lowest BCUT2D eigenvalue weighted by atomic mass is 10.1. The first-order valence-corrected chi connectivity index (χ1v) is 12.3. The van der Waals surface area contributed by atoms with Gasteiger partial charge in [-0.05, 0) is 48.5 Å². The lowest BCUT2D eigenvalue weighted by molar-refractivity contribution is -0.154. The van der Waals surface area contributed by atoms with Crippen molar-refractivity contribution in [3.05, 3.63) is 90.2 Å². The summed E-state index contributed by atoms with van der Waals surface area (Å²) >= 11 is 0. The molecule has 3 aromatic rings. The molecule has 0 saturated carbocycles. The molecule has 0 aliphatic heterocycles. The molecule has 0 fully saturated rings. The molecule has 36 heavy (non-hydrogen) atoms. The molecule has 0 bridgehead atoms. The quantitative estimate of drug-likeness (QED) is 0.356. The monoisotopic (exact) mass is 513 g/mol. The third-order valence-corrected chi connectivity index (χ3v) is 6.28. The van der Waals surface area contributed by atoms with Crippen molar-refractivity contribution in [3.8, 4) is 0 Å². The van der Waals surface area contributed by atoms with E-state index >= 15 is 0 Å². The number of carbonyl (C=O) groups is 3. The summed E-state index contributed by atoms with van der Waals surface area (Å²) in [5.74, 6) is -2.21. The molecule has 0 aliphatic rings. The maximum Gasteiger partial charge on any atom is 0.308 e. The van der Waals surface area contributed by atoms with Crippen molar-refractivity contribution in [3.63, 3.8) is 0 Å². The summed E-state index contributed by atoms with van der Waals surface area (Å²) in [6.45, 7) is 1.07. The van der Waals surface area contributed by atoms with Gasteiger partial charge in [0.15, 0.2) is 0 Å². The van der Waals surface area contributed by atoms with E-state index < -0.39 is 33.8 Å². The van der Waals surface area contributed by atoms with Crippen molar-refractivity contribution in [1.82, 2.24) is 4.72 Å². The second-order valence-corrected chi connectivity index (χ2v) is 9.40. The Balaban J connectivity index is 1.60. The van der Waals surface area contributed by atoms with E-state index in [0.29, 0.717) is 16.9 Å². The van der Waals surface area contributed by atoms with E-state index in [1.807, 2.05) is 0 Å². The van der Waals surface area contributed by atoms with Crippen LogP contribution in [0.15, 0.2) is 83.8 Å². The first kappa shape index (κ1) is 26.5. The fraction of sp³-hybridized carbons (Fsp3) is 0.160. The Hall–Kier alpha value is -4.09. The molecule has 3 N–H and O–H groups in total. The number of nitrogens with one attached hydrogen (secondary N) is 3. The molecule has 2 amide bonds. The summed E-state index contributed by atoms with van der Waals surface area (Å²) in [5.41, 5.74) is 1.16. The van der Waals surface area contributed by atoms with Crippen molar-refractivity contribution in [2.45, 2.75) is 24.3 Å². The second kappa shape index (κ2) is 12.0. The van der Waals surface area contributed by atoms with Crippen LogP contribution in [0.1, 0.15) is 25.0 Å². The van der Waals surface area contributed by atoms with Crippen LogP contribution in [0.5, 0.6) is 0 Å². The standard InChI is InChI=1S/C25H24FN3O6S/c1-17(30)28-20-11-13-22(14-12-20)36(33,34)27-16-15-23(31)35-24(18-5-3-2-4-6-18)25(32)29-21-9-7-19(26)8-10-21/h2-14,24,27H,15-16H2,1H3,(H,28,30)(H,29,32). The number of anilines is 2. The number of halogens is 1. The number of hydrogen-bond donors (Lipinski definition) is 3. The first-order chi connectivity index (χ1) is 17.1. The van der Waals surface area contributed by atoms with Crippen LogP contribution in [0, 0.1) is 5.82 Å². The number of rotatable bonds is 10. The van der Waals surface area contributed by atoms with Crippen molar-refractivity contribution < 1.29 is 31.9 Å². The molecule has 188 valence electrons. The highest BCUT2D eigenvalue weighted by atomic mass is 32.2. The lowest BCUT2D eigenvalue weighted by Crippen LogP contribution is -2.29. The third-order valence-electron chi connectivity index (χ3n) is 4.81. The minimum absolute atomic E-state index is 0.0502. The molecule has 11 heteroatoms. The minimum atomic E-state index is -3.92. The van der Waals surface area contributed by atoms with Crippen molar-refractivity contribution in [2.24, 2.45) is 0 Å². The molecule has 3 rings (SSSR count). The smallest absolute Gasteiger partial charge is 0.308 e. The van der Waals surface area contributed by atoms with Crippen molar-refractivity contribution in [1.29, 1.82) is 0 Å². The van der Waals surface area contributed by atoms with Gasteiger partial charge in [0.1, 0.15) is 5.82 Å². The Labute approximate surface area is 207 Å². The van der Waals surface area contributed by atoms with Crippen molar-refractivity contribution in [2.75, 3.05) is 17.2 Å². The second-order valence-electron chi connectivity index (χ2n) is 7.63. The number of ether oxygens (including phenoxy) is 1. The van der Waals surface area contributed by atoms with Gasteiger partial charge in [0, 0.05) is 30.4 Å². The maximum atomic E-state index is 13.1. The molecule has 0 radical (unpaired) electrons. The average Bonchev–Trinajstić information content (AvgIpc) is 2.84. The van der Waals surface area contributed by atoms with Crippen LogP contribution in [0.25, 0.3) is 0 Å². The van der Waals surface area contributed by atoms with Gasteiger partial charge >= 0.3 is 5.97 Å². The molecule has 0 aromatic heterocycles. The fourth-order valence-electron chi connectivity index (χ4n) is 3.12. The highest BCUT2D eigenvalue weighted by Gasteiger charge is 2.25. The molecular weight excluding hydrogens is 489 g/mol. The molecule has 9 nitrogen and oxygen atoms in total. The molecule has 0 heterocycles. The largest absolute Gasteiger partial charge is 0.447 e. The van der Waals surface area contributed by atoms with Gasteiger partial charge < -0.3 is 15.4 Å². The Bertz CT molecular complexity index is 1310. The van der Waals surface area contributed by atoms with E-state index in [1.54, 1.807) is 30.3 Å². The van der Waals surface area contributed by atoms with Gasteiger partial charge in [0.2, 0.25) is 22.0 Å². The number of carbonyl (C=O) groups excluding carboxylic acids is 3. The molecule has 3 aromatic carbocycles. The molecule has 0 saturated heterocycles. The molecule has 1 unspecified atom stereocenters. The number of esters is 1. The minimum Gasteiger partial charge on any atom is -0.447 e. The third kappa shape index (κ3) is 7.72. The number of hydrogen-bond acceptors (Lipinski definition) is 6. The van der Waals surface area contributed by atoms with E-state index in [4.69, 9.17) is 4.74 Å². The Kier molecular flexibility index (Phi) is 8.87. The SMILES string of the molecule is CC(=O)Nc1ccc(S(=O)(=O)NCCC(=O)OC(C(=O)Nc2ccc(F)cc2)c2ccccc2)cc1. The predicted octanol–water partition coefficient (Wildman–Crippen LogP) is 3.38. The van der Waals surface area contributed by atoms with Gasteiger partial charge in [0.25, 0.3) is 5.91 Å². The van der Waals surface area contributed by atoms with Gasteiger partial charge in [-0.2, -0.15) is 0 Å². The van der Waals surface area contributed by atoms with Gasteiger partial charge in [-0.3, -0.25) is 14.4 Å². The predicted molar refractivity (Wildman–Crippen MR) is 131 cm³/mol. The van der Waals surface area contributed by atoms with E-state index in [0.717, 1.165) is 0 Å². The molecule has 0 spiro atoms. The molecular formula is C25H24FN3O6S. The molecule has 1 atom stereocenters. The van der Waals surface area contributed by atoms with Gasteiger partial charge in [-0.15, -0.1) is 0 Å². The zero-order chi connectivity index (χ0) is 26.1. The highest BCUT2D eigenvalue weighted by Crippen LogP contribution is 2.21. The van der Waals surface area contributed by atoms with Crippen LogP contribution in [0.3, 0.4) is 0 Å². The summed E-state index contributed by atoms with van der Waals surface area (Å²) in [6, 6.07) is 18.9. The number of amides is 2. The lowest BCUT2D eigenvalue weighted by Gasteiger charge is -2.18. The van der Waals surface area contributed by atoms with Gasteiger partial charge in [-0.25, -0.2) is 17.5 Å². The highest BCUT2D eigenvalue weighted by molar-refractivity contribution is 7.89. The van der Waals surface area contributed by atoms with Crippen LogP contribution >= 0.6 is 0 Å². The van der Waals surface area contributed by atoms with Crippen LogP contribution in [-0.2, 0) is 29.1 Å². The summed E-state index contributed by atoms with van der Waals surface area (Å²) in [7, 11) is -3.92. The fourth-order valence-corrected chi connectivity index (χ4v) is 4.16. The Morgan fingerprint density at radius 2 is 1.44 bits per heavy atom. The number of benzene rings is 3. The van der Waals surface area contributed by atoms with Gasteiger partial charge in [-0.1, -0.05) is 30.3 Å². The van der Waals surface area contributed by atoms with E-state index in [9.17, 15) is 27.2 Å². The van der Waals surface area contributed by atoms with E-state index in [-0.39, 0.29) is 23.8 Å². The maximum absolute atomic E-state index is 13.1. The number of sulfonamides is 1. The summed E-state index contributed by atoms with van der Waals surface area (Å²) < 4.78 is 45.8. The summed E-state index contributed by atoms with van der Waals surface area (Å²) in [6.07, 6.45) is -1.64. The van der Waals surface area contributed by atoms with E-state index in [2.05, 4.69) is 15.4 Å². The Morgan fingerprint density at radius 1 is 0.861 bits per heavy atom. The average molecular weight is 514 g/mol. The van der Waals surface area contributed by atoms with Crippen molar-refractivity contribution >= 4 is 39.2 Å². The van der Waals surface area contributed by atoms with E-state index in [1.165, 1.54) is 55.5 Å². The molecule has 0 aliphatic carbocycles. The normalized spacial score (nSPS) is 11.8. The van der Waals surface area contributed by atoms with Crippen LogP contribution in [-0.4, -0.2) is 32.7 Å². The van der Waals surface area contributed by atoms with Crippen LogP contribution < -0.4 is 15.4 Å². The zero-order valence-corrected chi connectivity index (χ0v) is 20.0. The summed E-state index contributed by atoms with van der Waals surface area (Å²) in [4.78, 5) is 36.3. The topological polar surface area (TPSA) is 131 Å². The van der Waals surface area contributed by atoms with Crippen LogP contribution in [0.2, 0.25) is 0 Å². The first-order valence-electron chi connectivity index (χ1n) is 10.8.